The van der Waals surface area contributed by atoms with Crippen molar-refractivity contribution in [3.63, 3.8) is 0 Å². The summed E-state index contributed by atoms with van der Waals surface area (Å²) in [4.78, 5) is 258. The molecule has 0 radical (unpaired) electrons. The van der Waals surface area contributed by atoms with Gasteiger partial charge in [-0.05, 0) is 153 Å². The highest BCUT2D eigenvalue weighted by Crippen LogP contribution is 2.25. The van der Waals surface area contributed by atoms with Gasteiger partial charge in [0.05, 0.1) is 19.4 Å². The van der Waals surface area contributed by atoms with Crippen molar-refractivity contribution in [1.82, 2.24) is 107 Å². The van der Waals surface area contributed by atoms with Crippen LogP contribution in [0.2, 0.25) is 0 Å². The maximum Gasteiger partial charge on any atom is 0.305 e. The van der Waals surface area contributed by atoms with Gasteiger partial charge in [-0.25, -0.2) is 5.43 Å². The second kappa shape index (κ2) is 63.0. The van der Waals surface area contributed by atoms with Gasteiger partial charge in [0.2, 0.25) is 106 Å². The highest BCUT2D eigenvalue weighted by molar-refractivity contribution is 6.02. The maximum absolute atomic E-state index is 14.7. The lowest BCUT2D eigenvalue weighted by atomic mass is 9.88. The third-order valence-corrected chi connectivity index (χ3v) is 21.1. The summed E-state index contributed by atoms with van der Waals surface area (Å²) in [5.41, 5.74) is 44.8. The van der Waals surface area contributed by atoms with Crippen LogP contribution in [0, 0.1) is 34.0 Å². The zero-order valence-electron chi connectivity index (χ0n) is 77.5. The summed E-state index contributed by atoms with van der Waals surface area (Å²) >= 11 is 0. The molecular formula is C83H144N30O21. The molecular weight excluding hydrogens is 1750 g/mol. The number of aliphatic hydroxyl groups excluding tert-OH is 1. The zero-order chi connectivity index (χ0) is 101. The molecule has 0 aromatic heterocycles. The van der Waals surface area contributed by atoms with Crippen molar-refractivity contribution in [3.05, 3.63) is 35.9 Å². The first-order valence-electron chi connectivity index (χ1n) is 44.8. The molecule has 39 N–H and O–H groups in total. The molecule has 2 rings (SSSR count). The van der Waals surface area contributed by atoms with Crippen molar-refractivity contribution in [1.29, 1.82) is 16.2 Å². The van der Waals surface area contributed by atoms with Gasteiger partial charge in [-0.15, -0.1) is 0 Å². The van der Waals surface area contributed by atoms with Crippen LogP contribution in [-0.2, 0) is 97.5 Å². The van der Waals surface area contributed by atoms with E-state index in [-0.39, 0.29) is 127 Å². The number of carboxylic acids is 1. The van der Waals surface area contributed by atoms with Crippen molar-refractivity contribution in [2.75, 3.05) is 39.3 Å². The molecule has 0 bridgehead atoms. The number of hydrazine groups is 1. The van der Waals surface area contributed by atoms with Gasteiger partial charge in [0.1, 0.15) is 90.8 Å². The van der Waals surface area contributed by atoms with E-state index < -0.39 is 240 Å². The van der Waals surface area contributed by atoms with Gasteiger partial charge in [-0.3, -0.25) is 113 Å². The second-order valence-electron chi connectivity index (χ2n) is 33.6. The summed E-state index contributed by atoms with van der Waals surface area (Å²) in [5, 5.41) is 88.0. The number of aliphatic hydroxyl groups is 1. The molecule has 18 amide bonds. The minimum absolute atomic E-state index is 0.00158. The Hall–Kier alpha value is -13.2. The normalized spacial score (nSPS) is 15.2. The van der Waals surface area contributed by atoms with Crippen LogP contribution in [0.15, 0.2) is 30.3 Å². The first-order chi connectivity index (χ1) is 63.1. The molecule has 0 spiro atoms. The first-order valence-corrected chi connectivity index (χ1v) is 44.8. The van der Waals surface area contributed by atoms with E-state index in [4.69, 9.17) is 56.4 Å². The molecule has 0 aliphatic heterocycles. The third-order valence-electron chi connectivity index (χ3n) is 21.1. The lowest BCUT2D eigenvalue weighted by Crippen LogP contribution is -2.61. The fourth-order valence-corrected chi connectivity index (χ4v) is 13.8. The molecule has 134 heavy (non-hydrogen) atoms. The van der Waals surface area contributed by atoms with E-state index in [1.807, 2.05) is 0 Å². The predicted octanol–water partition coefficient (Wildman–Crippen LogP) is -8.90. The van der Waals surface area contributed by atoms with Crippen molar-refractivity contribution in [3.8, 4) is 0 Å². The monoisotopic (exact) mass is 1900 g/mol. The van der Waals surface area contributed by atoms with Crippen molar-refractivity contribution in [2.45, 2.75) is 294 Å². The van der Waals surface area contributed by atoms with Crippen molar-refractivity contribution >= 4 is 130 Å². The highest BCUT2D eigenvalue weighted by atomic mass is 16.4. The van der Waals surface area contributed by atoms with E-state index in [9.17, 15) is 101 Å². The number of benzene rings is 1. The lowest BCUT2D eigenvalue weighted by Gasteiger charge is -2.28. The molecule has 1 saturated carbocycles. The Morgan fingerprint density at radius 3 is 1.25 bits per heavy atom. The molecule has 1 aromatic carbocycles. The van der Waals surface area contributed by atoms with Crippen LogP contribution in [0.25, 0.3) is 0 Å². The van der Waals surface area contributed by atoms with Crippen LogP contribution in [0.1, 0.15) is 202 Å². The van der Waals surface area contributed by atoms with Gasteiger partial charge in [0.25, 0.3) is 0 Å². The Bertz CT molecular complexity index is 4110. The number of carboxylic acid groups (broad SMARTS) is 1. The number of aliphatic carboxylic acids is 1. The molecule has 0 heterocycles. The molecule has 1 fully saturated rings. The topological polar surface area (TPSA) is 859 Å². The van der Waals surface area contributed by atoms with Gasteiger partial charge in [-0.2, -0.15) is 0 Å². The van der Waals surface area contributed by atoms with Crippen LogP contribution < -0.4 is 147 Å². The van der Waals surface area contributed by atoms with E-state index in [0.717, 1.165) is 46.0 Å². The van der Waals surface area contributed by atoms with Crippen LogP contribution in [0.4, 0.5) is 0 Å². The summed E-state index contributed by atoms with van der Waals surface area (Å²) in [6, 6.07) is -13.1. The molecule has 1 unspecified atom stereocenters. The minimum Gasteiger partial charge on any atom is -0.481 e. The number of nitrogens with two attached hydrogens (primary N) is 7. The minimum atomic E-state index is -1.89. The number of primary amides is 3. The number of hydrogen-bond donors (Lipinski definition) is 32. The van der Waals surface area contributed by atoms with Crippen LogP contribution in [0.3, 0.4) is 0 Å². The molecule has 0 saturated heterocycles. The Morgan fingerprint density at radius 1 is 0.396 bits per heavy atom. The van der Waals surface area contributed by atoms with Gasteiger partial charge < -0.3 is 146 Å². The Labute approximate surface area is 778 Å². The molecule has 51 heteroatoms. The number of rotatable bonds is 66. The Kier molecular flexibility index (Phi) is 55.0. The average molecular weight is 1900 g/mol. The van der Waals surface area contributed by atoms with Crippen LogP contribution in [0.5, 0.6) is 0 Å². The standard InChI is InChI=1S/C83H144N30O21/c1-43(2)38-57(77(131)106-55(29-20-35-95-82(90)91)73(127)103-51(66(87)120)31-32-61(85)115)108-67(121)45(5)99-63(117)42-97-71(125)52(26-15-17-33-84)105-74(128)54(28-19-34-94-81(88)89)104-68(122)46(6)100-76(130)58(39-49-22-11-9-12-23-49)110-75(129)56(30-21-36-96-83(92)93)107-78(132)59(40-62(86)116)109-69(123)47(7)101-80(134)65(44(3)4)112-79(133)60(41-64(118)119)111-72(126)53(102-48(8)114)27-16-18-37-98-113-70(124)50-24-13-10-14-25-50/h9,11-12,22-23,43-47,50-60,65,70,98,113,124H,10,13-21,24-42,84H2,1-8H3,(H2,85,115)(H2,86,116)(H2,87,120)(H,97,125)(H,99,117)(H,100,130)(H,101,134)(H,102,114)(H,103,127)(H,104,122)(H,105,128)(H,106,131)(H,107,132)(H,108,121)(H,109,123)(H,110,129)(H,111,126)(H,112,133)(H,118,119)(H4,88,89,94)(H4,90,91,95)(H4,92,93,96)/t45-,46-,47-,51-,52-,53-,54-,55-,56-,57-,58-,59-,60-,65-,70?/m0/s1. The Balaban J connectivity index is 2.41. The molecule has 752 valence electrons. The summed E-state index contributed by atoms with van der Waals surface area (Å²) in [6.07, 6.45) is 2.35. The number of nitrogens with one attached hydrogen (secondary N) is 23. The van der Waals surface area contributed by atoms with E-state index in [1.165, 1.54) is 27.7 Å². The quantitative estimate of drug-likeness (QED) is 0.00947. The fraction of sp³-hybridized carbons (Fsp3) is 0.663. The number of carbonyl (C=O) groups excluding carboxylic acids is 18. The number of carbonyl (C=O) groups is 19. The van der Waals surface area contributed by atoms with Crippen molar-refractivity contribution < 1.29 is 101 Å². The van der Waals surface area contributed by atoms with Gasteiger partial charge in [0.15, 0.2) is 17.9 Å². The lowest BCUT2D eigenvalue weighted by molar-refractivity contribution is -0.142. The number of guanidine groups is 3. The SMILES string of the molecule is CC(=O)N[C@@H](CCCCNNC(O)C1CCCCC1)C(=O)N[C@@H](CC(=O)O)C(=O)N[C@H](C(=O)N[C@@H](C)C(=O)N[C@@H](CC(N)=O)C(=O)N[C@@H](CCCNC(=N)N)C(=O)N[C@@H](Cc1ccccc1)C(=O)N[C@@H](C)C(=O)N[C@@H](CCCNC(=N)N)C(=O)N[C@@H](CCCCN)C(=O)NCC(=O)N[C@@H](C)C(=O)N[C@@H](CC(C)C)C(=O)N[C@@H](CCCNC(=N)N)C(=O)N[C@@H](CCC(N)=O)C(N)=O)C(C)C. The van der Waals surface area contributed by atoms with Gasteiger partial charge in [-0.1, -0.05) is 77.3 Å². The smallest absolute Gasteiger partial charge is 0.305 e. The predicted molar refractivity (Wildman–Crippen MR) is 489 cm³/mol. The summed E-state index contributed by atoms with van der Waals surface area (Å²) in [7, 11) is 0. The first kappa shape index (κ1) is 117. The zero-order valence-corrected chi connectivity index (χ0v) is 77.5. The summed E-state index contributed by atoms with van der Waals surface area (Å²) in [5.74, 6) is -21.2. The largest absolute Gasteiger partial charge is 0.481 e. The fourth-order valence-electron chi connectivity index (χ4n) is 13.8. The molecule has 1 aromatic rings. The number of amides is 18. The molecule has 51 nitrogen and oxygen atoms in total. The van der Waals surface area contributed by atoms with Gasteiger partial charge >= 0.3 is 5.97 Å². The van der Waals surface area contributed by atoms with Crippen molar-refractivity contribution in [2.24, 2.45) is 57.9 Å². The summed E-state index contributed by atoms with van der Waals surface area (Å²) < 4.78 is 0. The average Bonchev–Trinajstić information content (AvgIpc) is 0.859. The highest BCUT2D eigenvalue weighted by Gasteiger charge is 2.39. The molecule has 1 aliphatic carbocycles. The molecule has 1 aliphatic rings. The third kappa shape index (κ3) is 48.8. The molecule has 15 atom stereocenters. The maximum atomic E-state index is 14.7. The van der Waals surface area contributed by atoms with Crippen LogP contribution >= 0.6 is 0 Å². The Morgan fingerprint density at radius 2 is 0.791 bits per heavy atom. The number of unbranched alkanes of at least 4 members (excludes halogenated alkanes) is 2. The summed E-state index contributed by atoms with van der Waals surface area (Å²) in [6.45, 7) is 11.0. The second-order valence-corrected chi connectivity index (χ2v) is 33.6. The van der Waals surface area contributed by atoms with Crippen LogP contribution in [-0.4, -0.2) is 270 Å². The van der Waals surface area contributed by atoms with E-state index in [1.54, 1.807) is 44.2 Å². The van der Waals surface area contributed by atoms with E-state index in [2.05, 4.69) is 107 Å². The van der Waals surface area contributed by atoms with E-state index >= 15 is 0 Å². The van der Waals surface area contributed by atoms with E-state index in [0.29, 0.717) is 31.4 Å². The van der Waals surface area contributed by atoms with Gasteiger partial charge in [0, 0.05) is 45.9 Å². The number of hydrogen-bond acceptors (Lipinski definition) is 26.